The Morgan fingerprint density at radius 3 is 2.59 bits per heavy atom. The minimum Gasteiger partial charge on any atom is -0.394 e. The smallest absolute Gasteiger partial charge is 0.258 e. The molecule has 2 saturated heterocycles. The van der Waals surface area contributed by atoms with Gasteiger partial charge in [-0.05, 0) is 13.8 Å². The third-order valence-corrected chi connectivity index (χ3v) is 3.15. The molecule has 0 aromatic rings. The summed E-state index contributed by atoms with van der Waals surface area (Å²) in [6.45, 7) is 2.18. The average molecular weight is 247 g/mol. The molecule has 0 saturated carbocycles. The number of rotatable bonds is 2. The number of aliphatic hydroxyl groups excluding tert-OH is 3. The first-order chi connectivity index (χ1) is 7.86. The number of fused-ring (bicyclic) bond motifs is 1. The van der Waals surface area contributed by atoms with Crippen LogP contribution in [-0.2, 0) is 14.3 Å². The number of carbonyl (C=O) groups is 1. The number of nitrogens with one attached hydrogen (secondary N) is 1. The molecule has 2 heterocycles. The van der Waals surface area contributed by atoms with E-state index in [9.17, 15) is 15.0 Å². The summed E-state index contributed by atoms with van der Waals surface area (Å²) in [7, 11) is 0. The topological polar surface area (TPSA) is 108 Å². The van der Waals surface area contributed by atoms with Gasteiger partial charge in [0.15, 0.2) is 5.79 Å². The predicted octanol–water partition coefficient (Wildman–Crippen LogP) is -2.28. The molecule has 4 N–H and O–H groups in total. The van der Waals surface area contributed by atoms with Crippen LogP contribution in [0, 0.1) is 0 Å². The molecule has 0 spiro atoms. The molecule has 0 aromatic carbocycles. The molecule has 17 heavy (non-hydrogen) atoms. The summed E-state index contributed by atoms with van der Waals surface area (Å²) in [5.41, 5.74) is -1.60. The predicted molar refractivity (Wildman–Crippen MR) is 54.9 cm³/mol. The lowest BCUT2D eigenvalue weighted by Gasteiger charge is -2.40. The SMILES string of the molecule is CC1(C)O[C@H]2[C@H](O)[C@H](CO)NC(=O)[C@@]2(CO)O1. The standard InChI is InChI=1S/C10H17NO6/c1-9(2)16-7-6(14)5(3-12)11-8(15)10(7,4-13)17-9/h5-7,12-14H,3-4H2,1-2H3,(H,11,15)/t5-,6+,7-,10-/m0/s1. The summed E-state index contributed by atoms with van der Waals surface area (Å²) >= 11 is 0. The van der Waals surface area contributed by atoms with E-state index in [4.69, 9.17) is 14.6 Å². The third kappa shape index (κ3) is 1.74. The maximum atomic E-state index is 11.9. The molecule has 2 aliphatic heterocycles. The zero-order valence-corrected chi connectivity index (χ0v) is 9.71. The largest absolute Gasteiger partial charge is 0.394 e. The van der Waals surface area contributed by atoms with Crippen molar-refractivity contribution in [1.82, 2.24) is 5.32 Å². The number of amides is 1. The van der Waals surface area contributed by atoms with E-state index in [2.05, 4.69) is 5.32 Å². The lowest BCUT2D eigenvalue weighted by Crippen LogP contribution is -2.70. The van der Waals surface area contributed by atoms with Crippen molar-refractivity contribution in [2.24, 2.45) is 0 Å². The first-order valence-corrected chi connectivity index (χ1v) is 5.45. The van der Waals surface area contributed by atoms with Crippen molar-refractivity contribution >= 4 is 5.91 Å². The molecule has 7 nitrogen and oxygen atoms in total. The van der Waals surface area contributed by atoms with Crippen LogP contribution in [0.25, 0.3) is 0 Å². The third-order valence-electron chi connectivity index (χ3n) is 3.15. The van der Waals surface area contributed by atoms with Crippen molar-refractivity contribution in [3.8, 4) is 0 Å². The molecule has 0 bridgehead atoms. The van der Waals surface area contributed by atoms with E-state index < -0.39 is 48.8 Å². The van der Waals surface area contributed by atoms with Crippen LogP contribution in [0.3, 0.4) is 0 Å². The van der Waals surface area contributed by atoms with Crippen molar-refractivity contribution < 1.29 is 29.6 Å². The molecule has 2 fully saturated rings. The van der Waals surface area contributed by atoms with Gasteiger partial charge in [0.1, 0.15) is 12.2 Å². The van der Waals surface area contributed by atoms with Crippen molar-refractivity contribution in [3.63, 3.8) is 0 Å². The van der Waals surface area contributed by atoms with Crippen molar-refractivity contribution in [2.75, 3.05) is 13.2 Å². The van der Waals surface area contributed by atoms with Crippen molar-refractivity contribution in [2.45, 2.75) is 43.5 Å². The minimum absolute atomic E-state index is 0.408. The molecule has 1 amide bonds. The number of ether oxygens (including phenoxy) is 2. The quantitative estimate of drug-likeness (QED) is 0.438. The lowest BCUT2D eigenvalue weighted by molar-refractivity contribution is -0.180. The highest BCUT2D eigenvalue weighted by Gasteiger charge is 2.64. The summed E-state index contributed by atoms with van der Waals surface area (Å²) in [5.74, 6) is -1.66. The summed E-state index contributed by atoms with van der Waals surface area (Å²) < 4.78 is 10.9. The van der Waals surface area contributed by atoms with Crippen molar-refractivity contribution in [1.29, 1.82) is 0 Å². The highest BCUT2D eigenvalue weighted by molar-refractivity contribution is 5.88. The minimum atomic E-state index is -1.60. The molecule has 7 heteroatoms. The van der Waals surface area contributed by atoms with Crippen LogP contribution in [0.15, 0.2) is 0 Å². The van der Waals surface area contributed by atoms with Crippen LogP contribution >= 0.6 is 0 Å². The molecular formula is C10H17NO6. The first-order valence-electron chi connectivity index (χ1n) is 5.45. The Hall–Kier alpha value is -0.730. The fourth-order valence-corrected chi connectivity index (χ4v) is 2.38. The first kappa shape index (κ1) is 12.7. The Balaban J connectivity index is 2.36. The van der Waals surface area contributed by atoms with Gasteiger partial charge in [0, 0.05) is 0 Å². The average Bonchev–Trinajstić information content (AvgIpc) is 2.57. The highest BCUT2D eigenvalue weighted by atomic mass is 16.8. The summed E-state index contributed by atoms with van der Waals surface area (Å²) in [5, 5.41) is 30.9. The fraction of sp³-hybridized carbons (Fsp3) is 0.900. The van der Waals surface area contributed by atoms with Crippen LogP contribution in [0.5, 0.6) is 0 Å². The molecule has 98 valence electrons. The number of carbonyl (C=O) groups excluding carboxylic acids is 1. The molecule has 0 aromatic heterocycles. The van der Waals surface area contributed by atoms with Crippen LogP contribution in [0.2, 0.25) is 0 Å². The second-order valence-electron chi connectivity index (χ2n) is 4.84. The van der Waals surface area contributed by atoms with E-state index in [0.29, 0.717) is 0 Å². The van der Waals surface area contributed by atoms with Gasteiger partial charge in [0.05, 0.1) is 19.3 Å². The maximum Gasteiger partial charge on any atom is 0.258 e. The van der Waals surface area contributed by atoms with Gasteiger partial charge in [-0.25, -0.2) is 0 Å². The molecule has 2 aliphatic rings. The van der Waals surface area contributed by atoms with Crippen molar-refractivity contribution in [3.05, 3.63) is 0 Å². The van der Waals surface area contributed by atoms with Gasteiger partial charge in [-0.1, -0.05) is 0 Å². The Morgan fingerprint density at radius 1 is 1.41 bits per heavy atom. The van der Waals surface area contributed by atoms with E-state index in [1.807, 2.05) is 0 Å². The zero-order chi connectivity index (χ0) is 12.8. The van der Waals surface area contributed by atoms with E-state index >= 15 is 0 Å². The zero-order valence-electron chi connectivity index (χ0n) is 9.71. The van der Waals surface area contributed by atoms with Gasteiger partial charge in [0.2, 0.25) is 5.60 Å². The van der Waals surface area contributed by atoms with Crippen LogP contribution in [-0.4, -0.2) is 64.1 Å². The molecular weight excluding hydrogens is 230 g/mol. The van der Waals surface area contributed by atoms with Gasteiger partial charge >= 0.3 is 0 Å². The Labute approximate surface area is 98.3 Å². The van der Waals surface area contributed by atoms with Gasteiger partial charge in [0.25, 0.3) is 5.91 Å². The monoisotopic (exact) mass is 247 g/mol. The lowest BCUT2D eigenvalue weighted by atomic mass is 9.85. The Bertz CT molecular complexity index is 333. The van der Waals surface area contributed by atoms with Gasteiger partial charge in [-0.15, -0.1) is 0 Å². The van der Waals surface area contributed by atoms with Crippen LogP contribution in [0.1, 0.15) is 13.8 Å². The molecule has 4 atom stereocenters. The number of piperidine rings is 1. The van der Waals surface area contributed by atoms with Crippen LogP contribution in [0.4, 0.5) is 0 Å². The Morgan fingerprint density at radius 2 is 2.06 bits per heavy atom. The van der Waals surface area contributed by atoms with Gasteiger partial charge in [-0.3, -0.25) is 4.79 Å². The molecule has 0 aliphatic carbocycles. The highest BCUT2D eigenvalue weighted by Crippen LogP contribution is 2.40. The van der Waals surface area contributed by atoms with E-state index in [-0.39, 0.29) is 0 Å². The van der Waals surface area contributed by atoms with Crippen LogP contribution < -0.4 is 5.32 Å². The summed E-state index contributed by atoms with van der Waals surface area (Å²) in [6, 6.07) is -0.815. The van der Waals surface area contributed by atoms with E-state index in [1.165, 1.54) is 0 Å². The summed E-state index contributed by atoms with van der Waals surface area (Å²) in [6.07, 6.45) is -2.12. The molecule has 0 unspecified atom stereocenters. The second-order valence-corrected chi connectivity index (χ2v) is 4.84. The normalized spacial score (nSPS) is 44.3. The number of aliphatic hydroxyl groups is 3. The maximum absolute atomic E-state index is 11.9. The van der Waals surface area contributed by atoms with E-state index in [1.54, 1.807) is 13.8 Å². The van der Waals surface area contributed by atoms with Gasteiger partial charge in [-0.2, -0.15) is 0 Å². The fourth-order valence-electron chi connectivity index (χ4n) is 2.38. The van der Waals surface area contributed by atoms with E-state index in [0.717, 1.165) is 0 Å². The van der Waals surface area contributed by atoms with Gasteiger partial charge < -0.3 is 30.1 Å². The summed E-state index contributed by atoms with van der Waals surface area (Å²) in [4.78, 5) is 11.9. The number of hydrogen-bond acceptors (Lipinski definition) is 6. The Kier molecular flexibility index (Phi) is 2.91. The molecule has 0 radical (unpaired) electrons. The second kappa shape index (κ2) is 3.89. The number of hydrogen-bond donors (Lipinski definition) is 4. The molecule has 2 rings (SSSR count).